The third-order valence-electron chi connectivity index (χ3n) is 4.62. The number of anilines is 3. The van der Waals surface area contributed by atoms with Crippen molar-refractivity contribution in [2.45, 2.75) is 4.90 Å². The Balaban J connectivity index is 0.00000171. The van der Waals surface area contributed by atoms with E-state index in [4.69, 9.17) is 5.73 Å². The molecule has 0 amide bonds. The van der Waals surface area contributed by atoms with Crippen LogP contribution < -0.4 is 40.6 Å². The van der Waals surface area contributed by atoms with Crippen LogP contribution in [0.15, 0.2) is 59.5 Å². The maximum absolute atomic E-state index is 13.1. The SMILES string of the molecule is Nc1c(S(=O)(=O)O)cc(Nc2ccc(O)cc2)c2c1C(=O)c1ccccc1C2=O.[H-].[Na+]. The Morgan fingerprint density at radius 2 is 1.43 bits per heavy atom. The zero-order valence-corrected chi connectivity index (χ0v) is 18.5. The summed E-state index contributed by atoms with van der Waals surface area (Å²) in [6.07, 6.45) is 0. The van der Waals surface area contributed by atoms with E-state index in [-0.39, 0.29) is 64.7 Å². The van der Waals surface area contributed by atoms with Crippen LogP contribution in [0, 0.1) is 0 Å². The van der Waals surface area contributed by atoms with E-state index >= 15 is 0 Å². The third kappa shape index (κ3) is 3.62. The van der Waals surface area contributed by atoms with Crippen LogP contribution in [0.1, 0.15) is 33.3 Å². The number of rotatable bonds is 3. The molecule has 0 bridgehead atoms. The van der Waals surface area contributed by atoms with Crippen molar-refractivity contribution in [3.05, 3.63) is 76.9 Å². The van der Waals surface area contributed by atoms with E-state index in [1.807, 2.05) is 0 Å². The molecule has 10 heteroatoms. The topological polar surface area (TPSA) is 147 Å². The van der Waals surface area contributed by atoms with Crippen molar-refractivity contribution in [3.63, 3.8) is 0 Å². The number of fused-ring (bicyclic) bond motifs is 2. The summed E-state index contributed by atoms with van der Waals surface area (Å²) in [5, 5.41) is 12.3. The van der Waals surface area contributed by atoms with Crippen LogP contribution in [0.5, 0.6) is 5.75 Å². The molecule has 3 aromatic rings. The summed E-state index contributed by atoms with van der Waals surface area (Å²) in [5.74, 6) is -1.12. The van der Waals surface area contributed by atoms with Gasteiger partial charge in [0, 0.05) is 16.8 Å². The molecule has 30 heavy (non-hydrogen) atoms. The minimum absolute atomic E-state index is 0. The molecular formula is C20H15N2NaO6S. The zero-order chi connectivity index (χ0) is 20.9. The molecule has 8 nitrogen and oxygen atoms in total. The van der Waals surface area contributed by atoms with Gasteiger partial charge in [0.15, 0.2) is 11.6 Å². The minimum Gasteiger partial charge on any atom is -1.00 e. The van der Waals surface area contributed by atoms with Crippen LogP contribution in [-0.4, -0.2) is 29.6 Å². The standard InChI is InChI=1S/C20H14N2O6S.Na.H/c21-18-15(29(26,27)28)9-14(22-10-5-7-11(23)8-6-10)16-17(18)20(25)13-4-2-1-3-12(13)19(16)24;;/h1-9,22-23H,21H2,(H,26,27,28);;/q;+1;-1. The van der Waals surface area contributed by atoms with Crippen molar-refractivity contribution < 1.29 is 58.7 Å². The first kappa shape index (κ1) is 22.0. The second kappa shape index (κ2) is 7.86. The van der Waals surface area contributed by atoms with Crippen molar-refractivity contribution in [2.24, 2.45) is 0 Å². The molecule has 0 radical (unpaired) electrons. The first-order valence-corrected chi connectivity index (χ1v) is 9.81. The van der Waals surface area contributed by atoms with E-state index in [2.05, 4.69) is 5.32 Å². The fourth-order valence-corrected chi connectivity index (χ4v) is 3.95. The van der Waals surface area contributed by atoms with Crippen LogP contribution >= 0.6 is 0 Å². The summed E-state index contributed by atoms with van der Waals surface area (Å²) in [6.45, 7) is 0. The van der Waals surface area contributed by atoms with Crippen molar-refractivity contribution >= 4 is 38.7 Å². The maximum atomic E-state index is 13.1. The van der Waals surface area contributed by atoms with Gasteiger partial charge >= 0.3 is 29.6 Å². The number of nitrogens with two attached hydrogens (primary N) is 1. The number of benzene rings is 3. The number of nitrogen functional groups attached to an aromatic ring is 1. The summed E-state index contributed by atoms with van der Waals surface area (Å²) in [6, 6.07) is 12.9. The molecule has 148 valence electrons. The molecule has 1 aliphatic rings. The summed E-state index contributed by atoms with van der Waals surface area (Å²) < 4.78 is 33.3. The van der Waals surface area contributed by atoms with Gasteiger partial charge in [-0.2, -0.15) is 8.42 Å². The van der Waals surface area contributed by atoms with E-state index in [0.29, 0.717) is 5.69 Å². The molecule has 0 spiro atoms. The van der Waals surface area contributed by atoms with Gasteiger partial charge in [-0.15, -0.1) is 0 Å². The van der Waals surface area contributed by atoms with Gasteiger partial charge < -0.3 is 17.6 Å². The summed E-state index contributed by atoms with van der Waals surface area (Å²) in [5.41, 5.74) is 5.70. The van der Waals surface area contributed by atoms with Gasteiger partial charge in [0.1, 0.15) is 10.6 Å². The quantitative estimate of drug-likeness (QED) is 0.151. The van der Waals surface area contributed by atoms with Crippen molar-refractivity contribution in [1.82, 2.24) is 0 Å². The predicted molar refractivity (Wildman–Crippen MR) is 106 cm³/mol. The first-order chi connectivity index (χ1) is 13.7. The van der Waals surface area contributed by atoms with Gasteiger partial charge in [-0.3, -0.25) is 14.1 Å². The Kier molecular flexibility index (Phi) is 5.76. The Bertz CT molecular complexity index is 1310. The number of carbonyl (C=O) groups is 2. The van der Waals surface area contributed by atoms with E-state index in [0.717, 1.165) is 6.07 Å². The Morgan fingerprint density at radius 1 is 0.900 bits per heavy atom. The van der Waals surface area contributed by atoms with E-state index in [1.54, 1.807) is 12.1 Å². The minimum atomic E-state index is -4.78. The fraction of sp³-hybridized carbons (Fsp3) is 0. The predicted octanol–water partition coefficient (Wildman–Crippen LogP) is -0.143. The molecule has 5 N–H and O–H groups in total. The van der Waals surface area contributed by atoms with Gasteiger partial charge in [-0.1, -0.05) is 24.3 Å². The zero-order valence-electron chi connectivity index (χ0n) is 16.7. The molecular weight excluding hydrogens is 419 g/mol. The Morgan fingerprint density at radius 3 is 1.97 bits per heavy atom. The van der Waals surface area contributed by atoms with Crippen LogP contribution in [0.3, 0.4) is 0 Å². The Labute approximate surface area is 195 Å². The summed E-state index contributed by atoms with van der Waals surface area (Å²) >= 11 is 0. The fourth-order valence-electron chi connectivity index (χ4n) is 3.31. The van der Waals surface area contributed by atoms with Crippen LogP contribution in [0.25, 0.3) is 0 Å². The molecule has 0 saturated carbocycles. The smallest absolute Gasteiger partial charge is 1.00 e. The first-order valence-electron chi connectivity index (χ1n) is 8.37. The largest absolute Gasteiger partial charge is 1.00 e. The molecule has 0 heterocycles. The second-order valence-corrected chi connectivity index (χ2v) is 7.83. The van der Waals surface area contributed by atoms with Crippen molar-refractivity contribution in [2.75, 3.05) is 11.1 Å². The van der Waals surface area contributed by atoms with Gasteiger partial charge in [-0.05, 0) is 30.3 Å². The number of phenols is 1. The van der Waals surface area contributed by atoms with Crippen molar-refractivity contribution in [1.29, 1.82) is 0 Å². The molecule has 0 unspecified atom stereocenters. The molecule has 0 saturated heterocycles. The third-order valence-corrected chi connectivity index (χ3v) is 5.52. The van der Waals surface area contributed by atoms with Crippen LogP contribution in [-0.2, 0) is 10.1 Å². The van der Waals surface area contributed by atoms with Gasteiger partial charge in [0.05, 0.1) is 22.5 Å². The van der Waals surface area contributed by atoms with Crippen LogP contribution in [0.2, 0.25) is 0 Å². The number of hydrogen-bond acceptors (Lipinski definition) is 7. The van der Waals surface area contributed by atoms with Gasteiger partial charge in [0.2, 0.25) is 0 Å². The van der Waals surface area contributed by atoms with E-state index < -0.39 is 32.3 Å². The summed E-state index contributed by atoms with van der Waals surface area (Å²) in [7, 11) is -4.78. The van der Waals surface area contributed by atoms with Gasteiger partial charge in [0.25, 0.3) is 10.1 Å². The number of phenolic OH excluding ortho intramolecular Hbond substituents is 1. The average Bonchev–Trinajstić information content (AvgIpc) is 2.68. The molecule has 4 rings (SSSR count). The van der Waals surface area contributed by atoms with Gasteiger partial charge in [-0.25, -0.2) is 0 Å². The number of carbonyl (C=O) groups excluding carboxylic acids is 2. The monoisotopic (exact) mass is 434 g/mol. The van der Waals surface area contributed by atoms with E-state index in [1.165, 1.54) is 36.4 Å². The second-order valence-electron chi connectivity index (χ2n) is 6.44. The number of aromatic hydroxyl groups is 1. The number of ketones is 2. The van der Waals surface area contributed by atoms with Crippen molar-refractivity contribution in [3.8, 4) is 5.75 Å². The molecule has 0 atom stereocenters. The molecule has 1 aliphatic carbocycles. The average molecular weight is 434 g/mol. The molecule has 3 aromatic carbocycles. The normalized spacial score (nSPS) is 12.6. The molecule has 0 fully saturated rings. The molecule has 0 aromatic heterocycles. The van der Waals surface area contributed by atoms with Crippen LogP contribution in [0.4, 0.5) is 17.1 Å². The molecule has 0 aliphatic heterocycles. The van der Waals surface area contributed by atoms with E-state index in [9.17, 15) is 27.7 Å². The number of hydrogen-bond donors (Lipinski definition) is 4. The Hall–Kier alpha value is -2.69. The summed E-state index contributed by atoms with van der Waals surface area (Å²) in [4.78, 5) is 25.5. The number of nitrogens with one attached hydrogen (secondary N) is 1. The maximum Gasteiger partial charge on any atom is 1.00 e.